The van der Waals surface area contributed by atoms with Crippen molar-refractivity contribution in [3.05, 3.63) is 52.3 Å². The van der Waals surface area contributed by atoms with Gasteiger partial charge in [0.25, 0.3) is 0 Å². The molecule has 25 heavy (non-hydrogen) atoms. The van der Waals surface area contributed by atoms with Gasteiger partial charge in [-0.2, -0.15) is 0 Å². The van der Waals surface area contributed by atoms with Crippen LogP contribution in [0.3, 0.4) is 0 Å². The fraction of sp³-hybridized carbons (Fsp3) is 0.278. The van der Waals surface area contributed by atoms with Gasteiger partial charge >= 0.3 is 11.9 Å². The van der Waals surface area contributed by atoms with Crippen molar-refractivity contribution in [2.75, 3.05) is 13.2 Å². The molecule has 0 unspecified atom stereocenters. The van der Waals surface area contributed by atoms with Gasteiger partial charge in [0.05, 0.1) is 24.5 Å². The van der Waals surface area contributed by atoms with Crippen LogP contribution in [-0.2, 0) is 20.9 Å². The van der Waals surface area contributed by atoms with Crippen molar-refractivity contribution in [1.29, 1.82) is 0 Å². The van der Waals surface area contributed by atoms with Gasteiger partial charge in [0.2, 0.25) is 0 Å². The summed E-state index contributed by atoms with van der Waals surface area (Å²) in [4.78, 5) is 27.5. The van der Waals surface area contributed by atoms with Gasteiger partial charge < -0.3 is 14.6 Å². The van der Waals surface area contributed by atoms with Crippen molar-refractivity contribution >= 4 is 23.5 Å². The lowest BCUT2D eigenvalue weighted by molar-refractivity contribution is -0.142. The molecule has 0 saturated heterocycles. The molecule has 132 valence electrons. The highest BCUT2D eigenvalue weighted by Gasteiger charge is 2.22. The molecule has 1 aromatic heterocycles. The van der Waals surface area contributed by atoms with Crippen molar-refractivity contribution in [1.82, 2.24) is 4.98 Å². The molecule has 0 aliphatic rings. The Morgan fingerprint density at radius 1 is 1.24 bits per heavy atom. The number of carboxylic acid groups (broad SMARTS) is 1. The summed E-state index contributed by atoms with van der Waals surface area (Å²) in [5, 5.41) is 9.21. The Morgan fingerprint density at radius 2 is 1.96 bits per heavy atom. The van der Waals surface area contributed by atoms with Gasteiger partial charge in [-0.1, -0.05) is 29.8 Å². The number of carbonyl (C=O) groups excluding carboxylic acids is 1. The van der Waals surface area contributed by atoms with Crippen LogP contribution in [0.15, 0.2) is 30.3 Å². The van der Waals surface area contributed by atoms with E-state index in [0.717, 1.165) is 0 Å². The predicted octanol–water partition coefficient (Wildman–Crippen LogP) is 3.49. The monoisotopic (exact) mass is 363 g/mol. The second kappa shape index (κ2) is 8.60. The number of ether oxygens (including phenoxy) is 2. The number of esters is 1. The number of hydrogen-bond donors (Lipinski definition) is 1. The third-order valence-corrected chi connectivity index (χ3v) is 3.66. The maximum Gasteiger partial charge on any atom is 0.340 e. The zero-order valence-electron chi connectivity index (χ0n) is 13.9. The molecule has 0 aliphatic heterocycles. The highest BCUT2D eigenvalue weighted by molar-refractivity contribution is 6.33. The third-order valence-electron chi connectivity index (χ3n) is 3.33. The summed E-state index contributed by atoms with van der Waals surface area (Å²) in [5.41, 5.74) is 2.43. The first-order valence-corrected chi connectivity index (χ1v) is 8.04. The zero-order valence-corrected chi connectivity index (χ0v) is 14.7. The van der Waals surface area contributed by atoms with E-state index in [1.54, 1.807) is 38.1 Å². The quantitative estimate of drug-likeness (QED) is 0.758. The van der Waals surface area contributed by atoms with Gasteiger partial charge in [-0.15, -0.1) is 0 Å². The number of aliphatic carboxylic acids is 1. The number of hydrogen-bond acceptors (Lipinski definition) is 5. The summed E-state index contributed by atoms with van der Waals surface area (Å²) < 4.78 is 10.3. The number of rotatable bonds is 7. The van der Waals surface area contributed by atoms with E-state index in [-0.39, 0.29) is 18.8 Å². The van der Waals surface area contributed by atoms with Crippen LogP contribution in [0.4, 0.5) is 0 Å². The average molecular weight is 364 g/mol. The van der Waals surface area contributed by atoms with Gasteiger partial charge in [-0.3, -0.25) is 4.98 Å². The zero-order chi connectivity index (χ0) is 18.4. The summed E-state index contributed by atoms with van der Waals surface area (Å²) in [6.45, 7) is 3.06. The normalized spacial score (nSPS) is 10.5. The lowest BCUT2D eigenvalue weighted by Crippen LogP contribution is -2.15. The van der Waals surface area contributed by atoms with Crippen molar-refractivity contribution in [3.8, 4) is 11.1 Å². The standard InChI is InChI=1S/C18H18ClNO5/c1-3-25-18(23)17-13(12-6-4-5-7-14(12)19)8-11(2)20-15(17)9-24-10-16(21)22/h4-8H,3,9-10H2,1-2H3,(H,21,22). The molecule has 6 nitrogen and oxygen atoms in total. The van der Waals surface area contributed by atoms with E-state index in [4.69, 9.17) is 26.2 Å². The molecule has 0 amide bonds. The fourth-order valence-electron chi connectivity index (χ4n) is 2.40. The molecule has 0 saturated carbocycles. The van der Waals surface area contributed by atoms with Crippen molar-refractivity contribution < 1.29 is 24.2 Å². The number of pyridine rings is 1. The predicted molar refractivity (Wildman–Crippen MR) is 92.7 cm³/mol. The number of halogens is 1. The molecule has 2 aromatic rings. The Kier molecular flexibility index (Phi) is 6.50. The summed E-state index contributed by atoms with van der Waals surface area (Å²) in [6, 6.07) is 8.87. The maximum atomic E-state index is 12.5. The Hall–Kier alpha value is -2.44. The molecule has 0 bridgehead atoms. The van der Waals surface area contributed by atoms with Gasteiger partial charge in [-0.25, -0.2) is 9.59 Å². The van der Waals surface area contributed by atoms with E-state index in [1.165, 1.54) is 0 Å². The van der Waals surface area contributed by atoms with Gasteiger partial charge in [0.15, 0.2) is 0 Å². The number of nitrogens with zero attached hydrogens (tertiary/aromatic N) is 1. The molecule has 0 aliphatic carbocycles. The van der Waals surface area contributed by atoms with Crippen LogP contribution in [0.1, 0.15) is 28.7 Å². The summed E-state index contributed by atoms with van der Waals surface area (Å²) >= 11 is 6.28. The summed E-state index contributed by atoms with van der Waals surface area (Å²) in [5.74, 6) is -1.66. The van der Waals surface area contributed by atoms with E-state index >= 15 is 0 Å². The molecule has 2 rings (SSSR count). The Labute approximate surface area is 150 Å². The van der Waals surface area contributed by atoms with E-state index in [9.17, 15) is 9.59 Å². The summed E-state index contributed by atoms with van der Waals surface area (Å²) in [7, 11) is 0. The van der Waals surface area contributed by atoms with Crippen LogP contribution in [0.25, 0.3) is 11.1 Å². The molecule has 0 atom stereocenters. The first kappa shape index (κ1) is 18.9. The van der Waals surface area contributed by atoms with E-state index in [2.05, 4.69) is 4.98 Å². The number of benzene rings is 1. The number of aromatic nitrogens is 1. The number of aryl methyl sites for hydroxylation is 1. The topological polar surface area (TPSA) is 85.7 Å². The molecule has 0 spiro atoms. The van der Waals surface area contributed by atoms with Crippen LogP contribution in [0, 0.1) is 6.92 Å². The van der Waals surface area contributed by atoms with E-state index in [1.807, 2.05) is 6.07 Å². The largest absolute Gasteiger partial charge is 0.480 e. The molecule has 1 N–H and O–H groups in total. The number of carbonyl (C=O) groups is 2. The van der Waals surface area contributed by atoms with Crippen molar-refractivity contribution in [2.45, 2.75) is 20.5 Å². The maximum absolute atomic E-state index is 12.5. The van der Waals surface area contributed by atoms with Crippen LogP contribution >= 0.6 is 11.6 Å². The molecule has 0 fully saturated rings. The van der Waals surface area contributed by atoms with Gasteiger partial charge in [0.1, 0.15) is 6.61 Å². The minimum Gasteiger partial charge on any atom is -0.480 e. The highest BCUT2D eigenvalue weighted by atomic mass is 35.5. The van der Waals surface area contributed by atoms with Gasteiger partial charge in [-0.05, 0) is 26.0 Å². The smallest absolute Gasteiger partial charge is 0.340 e. The second-order valence-electron chi connectivity index (χ2n) is 5.22. The molecular formula is C18H18ClNO5. The molecular weight excluding hydrogens is 346 g/mol. The molecule has 1 aromatic carbocycles. The van der Waals surface area contributed by atoms with Crippen LogP contribution in [0.5, 0.6) is 0 Å². The summed E-state index contributed by atoms with van der Waals surface area (Å²) in [6.07, 6.45) is 0. The lowest BCUT2D eigenvalue weighted by atomic mass is 9.98. The minimum atomic E-state index is -1.10. The fourth-order valence-corrected chi connectivity index (χ4v) is 2.64. The number of carboxylic acids is 1. The second-order valence-corrected chi connectivity index (χ2v) is 5.63. The Bertz CT molecular complexity index is 791. The molecule has 0 radical (unpaired) electrons. The van der Waals surface area contributed by atoms with Crippen LogP contribution in [0.2, 0.25) is 5.02 Å². The average Bonchev–Trinajstić information content (AvgIpc) is 2.54. The Morgan fingerprint density at radius 3 is 2.60 bits per heavy atom. The van der Waals surface area contributed by atoms with E-state index < -0.39 is 18.5 Å². The first-order valence-electron chi connectivity index (χ1n) is 7.66. The lowest BCUT2D eigenvalue weighted by Gasteiger charge is -2.15. The van der Waals surface area contributed by atoms with Gasteiger partial charge in [0, 0.05) is 21.8 Å². The molecule has 1 heterocycles. The minimum absolute atomic E-state index is 0.125. The van der Waals surface area contributed by atoms with Crippen molar-refractivity contribution in [3.63, 3.8) is 0 Å². The van der Waals surface area contributed by atoms with Crippen LogP contribution < -0.4 is 0 Å². The van der Waals surface area contributed by atoms with Crippen molar-refractivity contribution in [2.24, 2.45) is 0 Å². The highest BCUT2D eigenvalue weighted by Crippen LogP contribution is 2.32. The van der Waals surface area contributed by atoms with E-state index in [0.29, 0.717) is 27.5 Å². The third kappa shape index (κ3) is 4.78. The first-order chi connectivity index (χ1) is 11.9. The molecule has 7 heteroatoms. The Balaban J connectivity index is 2.57. The SMILES string of the molecule is CCOC(=O)c1c(-c2ccccc2Cl)cc(C)nc1COCC(=O)O. The van der Waals surface area contributed by atoms with Crippen LogP contribution in [-0.4, -0.2) is 35.2 Å².